The second-order valence-electron chi connectivity index (χ2n) is 4.42. The Kier molecular flexibility index (Phi) is 5.54. The van der Waals surface area contributed by atoms with Crippen molar-refractivity contribution in [1.82, 2.24) is 4.90 Å². The molecule has 8 heteroatoms. The van der Waals surface area contributed by atoms with Crippen LogP contribution >= 0.6 is 0 Å². The molecule has 0 fully saturated rings. The van der Waals surface area contributed by atoms with Crippen molar-refractivity contribution in [3.8, 4) is 12.3 Å². The number of carbonyl (C=O) groups excluding carboxylic acids is 2. The highest BCUT2D eigenvalue weighted by atomic mass is 19.4. The number of alkyl halides is 3. The van der Waals surface area contributed by atoms with Crippen molar-refractivity contribution in [2.45, 2.75) is 12.3 Å². The lowest BCUT2D eigenvalue weighted by Gasteiger charge is -2.21. The van der Waals surface area contributed by atoms with Crippen LogP contribution in [0.3, 0.4) is 0 Å². The van der Waals surface area contributed by atoms with Gasteiger partial charge >= 0.3 is 18.0 Å². The molecule has 1 atom stereocenters. The van der Waals surface area contributed by atoms with E-state index < -0.39 is 30.6 Å². The summed E-state index contributed by atoms with van der Waals surface area (Å²) in [6, 6.07) is 6.04. The molecule has 0 saturated heterocycles. The number of aliphatic hydroxyl groups is 1. The summed E-state index contributed by atoms with van der Waals surface area (Å²) in [6.07, 6.45) is -2.41. The van der Waals surface area contributed by atoms with Gasteiger partial charge in [0.15, 0.2) is 6.10 Å². The Morgan fingerprint density at radius 2 is 2.09 bits per heavy atom. The van der Waals surface area contributed by atoms with E-state index in [0.29, 0.717) is 10.5 Å². The standard InChI is InChI=1S/C14H13F3N2O3/c1-3-9-5-4-6-10(7-9)18-12(21)13(22)19(2)8-11(20)14(15,16)17/h1,4-7,11,20H,8H2,2H3,(H,18,21)/t11-/m0/s1. The van der Waals surface area contributed by atoms with E-state index in [-0.39, 0.29) is 5.69 Å². The number of halogens is 3. The van der Waals surface area contributed by atoms with Crippen LogP contribution in [0.4, 0.5) is 18.9 Å². The van der Waals surface area contributed by atoms with Gasteiger partial charge < -0.3 is 15.3 Å². The average Bonchev–Trinajstić information content (AvgIpc) is 2.45. The minimum absolute atomic E-state index is 0.235. The van der Waals surface area contributed by atoms with E-state index in [4.69, 9.17) is 11.5 Å². The molecule has 1 aromatic carbocycles. The molecule has 0 radical (unpaired) electrons. The Labute approximate surface area is 124 Å². The topological polar surface area (TPSA) is 69.6 Å². The Hall–Kier alpha value is -2.53. The van der Waals surface area contributed by atoms with Gasteiger partial charge in [0.1, 0.15) is 0 Å². The molecule has 2 N–H and O–H groups in total. The zero-order chi connectivity index (χ0) is 16.9. The highest BCUT2D eigenvalue weighted by Gasteiger charge is 2.39. The number of anilines is 1. The summed E-state index contributed by atoms with van der Waals surface area (Å²) in [4.78, 5) is 23.8. The monoisotopic (exact) mass is 314 g/mol. The summed E-state index contributed by atoms with van der Waals surface area (Å²) >= 11 is 0. The second kappa shape index (κ2) is 6.95. The molecule has 0 aromatic heterocycles. The third-order valence-corrected chi connectivity index (χ3v) is 2.65. The van der Waals surface area contributed by atoms with Gasteiger partial charge in [0, 0.05) is 18.3 Å². The molecule has 5 nitrogen and oxygen atoms in total. The van der Waals surface area contributed by atoms with Gasteiger partial charge in [-0.2, -0.15) is 13.2 Å². The number of hydrogen-bond acceptors (Lipinski definition) is 3. The maximum atomic E-state index is 12.2. The Balaban J connectivity index is 2.68. The summed E-state index contributed by atoms with van der Waals surface area (Å²) in [6.45, 7) is -1.04. The molecule has 0 heterocycles. The molecule has 0 bridgehead atoms. The number of amides is 2. The number of benzene rings is 1. The van der Waals surface area contributed by atoms with Gasteiger partial charge in [-0.3, -0.25) is 9.59 Å². The molecule has 22 heavy (non-hydrogen) atoms. The normalized spacial score (nSPS) is 12.2. The maximum Gasteiger partial charge on any atom is 0.416 e. The Morgan fingerprint density at radius 3 is 2.64 bits per heavy atom. The van der Waals surface area contributed by atoms with E-state index in [1.54, 1.807) is 12.1 Å². The Bertz CT molecular complexity index is 608. The number of nitrogens with zero attached hydrogens (tertiary/aromatic N) is 1. The molecule has 0 saturated carbocycles. The van der Waals surface area contributed by atoms with Gasteiger partial charge in [0.05, 0.1) is 6.54 Å². The number of terminal acetylenes is 1. The fourth-order valence-corrected chi connectivity index (χ4v) is 1.49. The van der Waals surface area contributed by atoms with Crippen LogP contribution in [0.1, 0.15) is 5.56 Å². The SMILES string of the molecule is C#Cc1cccc(NC(=O)C(=O)N(C)C[C@H](O)C(F)(F)F)c1. The van der Waals surface area contributed by atoms with Gasteiger partial charge in [0.25, 0.3) is 0 Å². The van der Waals surface area contributed by atoms with Crippen LogP contribution in [0, 0.1) is 12.3 Å². The zero-order valence-electron chi connectivity index (χ0n) is 11.5. The van der Waals surface area contributed by atoms with Gasteiger partial charge in [-0.25, -0.2) is 0 Å². The average molecular weight is 314 g/mol. The third kappa shape index (κ3) is 4.79. The number of hydrogen-bond donors (Lipinski definition) is 2. The summed E-state index contributed by atoms with van der Waals surface area (Å²) in [5.74, 6) is -0.0162. The second-order valence-corrected chi connectivity index (χ2v) is 4.42. The molecule has 0 aliphatic heterocycles. The summed E-state index contributed by atoms with van der Waals surface area (Å²) < 4.78 is 36.6. The number of aliphatic hydroxyl groups excluding tert-OH is 1. The van der Waals surface area contributed by atoms with Crippen molar-refractivity contribution in [3.05, 3.63) is 29.8 Å². The first-order valence-electron chi connectivity index (χ1n) is 6.03. The number of likely N-dealkylation sites (N-methyl/N-ethyl adjacent to an activating group) is 1. The minimum atomic E-state index is -4.87. The number of carbonyl (C=O) groups is 2. The highest BCUT2D eigenvalue weighted by Crippen LogP contribution is 2.20. The highest BCUT2D eigenvalue weighted by molar-refractivity contribution is 6.39. The summed E-state index contributed by atoms with van der Waals surface area (Å²) in [5.41, 5.74) is 0.699. The Morgan fingerprint density at radius 1 is 1.45 bits per heavy atom. The molecule has 1 rings (SSSR count). The van der Waals surface area contributed by atoms with Crippen LogP contribution < -0.4 is 5.32 Å². The molecule has 118 valence electrons. The van der Waals surface area contributed by atoms with E-state index >= 15 is 0 Å². The molecular formula is C14H13F3N2O3. The van der Waals surface area contributed by atoms with E-state index in [1.165, 1.54) is 12.1 Å². The molecule has 1 aromatic rings. The van der Waals surface area contributed by atoms with E-state index in [2.05, 4.69) is 11.2 Å². The van der Waals surface area contributed by atoms with Crippen molar-refractivity contribution in [2.24, 2.45) is 0 Å². The van der Waals surface area contributed by atoms with Crippen molar-refractivity contribution >= 4 is 17.5 Å². The van der Waals surface area contributed by atoms with E-state index in [1.807, 2.05) is 0 Å². The molecule has 0 aliphatic carbocycles. The fourth-order valence-electron chi connectivity index (χ4n) is 1.49. The largest absolute Gasteiger partial charge is 0.416 e. The fraction of sp³-hybridized carbons (Fsp3) is 0.286. The number of nitrogens with one attached hydrogen (secondary N) is 1. The quantitative estimate of drug-likeness (QED) is 0.646. The molecule has 0 aliphatic rings. The van der Waals surface area contributed by atoms with Crippen LogP contribution in [-0.2, 0) is 9.59 Å². The maximum absolute atomic E-state index is 12.2. The summed E-state index contributed by atoms with van der Waals surface area (Å²) in [5, 5.41) is 11.1. The smallest absolute Gasteiger partial charge is 0.382 e. The zero-order valence-corrected chi connectivity index (χ0v) is 11.5. The number of rotatable bonds is 3. The van der Waals surface area contributed by atoms with E-state index in [9.17, 15) is 22.8 Å². The van der Waals surface area contributed by atoms with Crippen molar-refractivity contribution in [2.75, 3.05) is 18.9 Å². The third-order valence-electron chi connectivity index (χ3n) is 2.65. The van der Waals surface area contributed by atoms with Crippen LogP contribution in [0.5, 0.6) is 0 Å². The van der Waals surface area contributed by atoms with Crippen molar-refractivity contribution in [1.29, 1.82) is 0 Å². The lowest BCUT2D eigenvalue weighted by molar-refractivity contribution is -0.207. The van der Waals surface area contributed by atoms with Gasteiger partial charge in [0.2, 0.25) is 0 Å². The van der Waals surface area contributed by atoms with Gasteiger partial charge in [-0.1, -0.05) is 12.0 Å². The van der Waals surface area contributed by atoms with Crippen LogP contribution in [0.2, 0.25) is 0 Å². The van der Waals surface area contributed by atoms with Gasteiger partial charge in [-0.05, 0) is 18.2 Å². The van der Waals surface area contributed by atoms with Crippen LogP contribution in [0.25, 0.3) is 0 Å². The lowest BCUT2D eigenvalue weighted by Crippen LogP contribution is -2.45. The first kappa shape index (κ1) is 17.5. The molecule has 2 amide bonds. The molecule has 0 spiro atoms. The van der Waals surface area contributed by atoms with Crippen LogP contribution in [-0.4, -0.2) is 47.7 Å². The summed E-state index contributed by atoms with van der Waals surface area (Å²) in [7, 11) is 0.981. The molecular weight excluding hydrogens is 301 g/mol. The van der Waals surface area contributed by atoms with Crippen molar-refractivity contribution in [3.63, 3.8) is 0 Å². The molecule has 0 unspecified atom stereocenters. The predicted molar refractivity (Wildman–Crippen MR) is 72.7 cm³/mol. The lowest BCUT2D eigenvalue weighted by atomic mass is 10.2. The van der Waals surface area contributed by atoms with Crippen molar-refractivity contribution < 1.29 is 27.9 Å². The van der Waals surface area contributed by atoms with E-state index in [0.717, 1.165) is 7.05 Å². The van der Waals surface area contributed by atoms with Crippen LogP contribution in [0.15, 0.2) is 24.3 Å². The minimum Gasteiger partial charge on any atom is -0.382 e. The van der Waals surface area contributed by atoms with Gasteiger partial charge in [-0.15, -0.1) is 6.42 Å². The first-order valence-corrected chi connectivity index (χ1v) is 6.03. The first-order chi connectivity index (χ1) is 10.1. The predicted octanol–water partition coefficient (Wildman–Crippen LogP) is 0.988.